The van der Waals surface area contributed by atoms with Gasteiger partial charge in [0.25, 0.3) is 0 Å². The number of allylic oxidation sites excluding steroid dienone is 1. The summed E-state index contributed by atoms with van der Waals surface area (Å²) in [5, 5.41) is 16.7. The number of rotatable bonds is 3. The maximum absolute atomic E-state index is 10.7. The highest BCUT2D eigenvalue weighted by atomic mass is 32.2. The zero-order valence-electron chi connectivity index (χ0n) is 6.84. The maximum atomic E-state index is 10.7. The fraction of sp³-hybridized carbons (Fsp3) is 0.500. The molecule has 0 spiro atoms. The van der Waals surface area contributed by atoms with Crippen molar-refractivity contribution in [3.8, 4) is 0 Å². The van der Waals surface area contributed by atoms with Gasteiger partial charge in [-0.15, -0.1) is 11.8 Å². The minimum Gasteiger partial charge on any atom is -0.481 e. The third-order valence-electron chi connectivity index (χ3n) is 1.80. The first-order valence-corrected chi connectivity index (χ1v) is 4.89. The van der Waals surface area contributed by atoms with E-state index in [-0.39, 0.29) is 12.3 Å². The van der Waals surface area contributed by atoms with Gasteiger partial charge in [0.1, 0.15) is 5.25 Å². The molecule has 0 aromatic heterocycles. The molecule has 0 amide bonds. The smallest absolute Gasteiger partial charge is 0.317 e. The van der Waals surface area contributed by atoms with Crippen LogP contribution in [0.3, 0.4) is 0 Å². The third kappa shape index (κ3) is 2.77. The molecule has 2 atom stereocenters. The number of carboxylic acid groups (broad SMARTS) is 2. The summed E-state index contributed by atoms with van der Waals surface area (Å²) >= 11 is 1.27. The molecule has 0 aromatic rings. The van der Waals surface area contributed by atoms with Crippen LogP contribution in [0, 0.1) is 5.92 Å². The van der Waals surface area contributed by atoms with Crippen molar-refractivity contribution in [1.82, 2.24) is 0 Å². The van der Waals surface area contributed by atoms with Crippen LogP contribution in [0.5, 0.6) is 0 Å². The number of hydrogen-bond donors (Lipinski definition) is 2. The monoisotopic (exact) mass is 202 g/mol. The van der Waals surface area contributed by atoms with Gasteiger partial charge in [0.05, 0.1) is 6.42 Å². The highest BCUT2D eigenvalue weighted by Gasteiger charge is 2.30. The van der Waals surface area contributed by atoms with Crippen LogP contribution >= 0.6 is 11.8 Å². The van der Waals surface area contributed by atoms with Crippen molar-refractivity contribution in [3.63, 3.8) is 0 Å². The Morgan fingerprint density at radius 1 is 1.46 bits per heavy atom. The van der Waals surface area contributed by atoms with Crippen molar-refractivity contribution in [2.24, 2.45) is 5.92 Å². The van der Waals surface area contributed by atoms with Gasteiger partial charge in [-0.2, -0.15) is 0 Å². The van der Waals surface area contributed by atoms with Gasteiger partial charge in [-0.05, 0) is 0 Å². The molecule has 1 aliphatic rings. The normalized spacial score (nSPS) is 27.1. The van der Waals surface area contributed by atoms with Crippen molar-refractivity contribution >= 4 is 23.7 Å². The number of aliphatic carboxylic acids is 2. The number of thioether (sulfide) groups is 1. The van der Waals surface area contributed by atoms with Crippen molar-refractivity contribution in [3.05, 3.63) is 12.2 Å². The molecule has 72 valence electrons. The van der Waals surface area contributed by atoms with Crippen LogP contribution in [0.25, 0.3) is 0 Å². The van der Waals surface area contributed by atoms with Gasteiger partial charge in [-0.1, -0.05) is 12.2 Å². The molecule has 0 aromatic carbocycles. The highest BCUT2D eigenvalue weighted by Crippen LogP contribution is 2.28. The Balaban J connectivity index is 2.66. The summed E-state index contributed by atoms with van der Waals surface area (Å²) in [6, 6.07) is 0. The van der Waals surface area contributed by atoms with E-state index in [2.05, 4.69) is 0 Å². The topological polar surface area (TPSA) is 74.6 Å². The second-order valence-corrected chi connectivity index (χ2v) is 3.96. The lowest BCUT2D eigenvalue weighted by Crippen LogP contribution is -2.29. The van der Waals surface area contributed by atoms with Gasteiger partial charge in [0, 0.05) is 11.7 Å². The molecule has 1 heterocycles. The van der Waals surface area contributed by atoms with E-state index in [1.807, 2.05) is 6.08 Å². The van der Waals surface area contributed by atoms with E-state index in [1.165, 1.54) is 11.8 Å². The van der Waals surface area contributed by atoms with Crippen LogP contribution in [0.4, 0.5) is 0 Å². The molecular formula is C8H10O4S. The standard InChI is InChI=1S/C8H10O4S/c9-6(10)4-5-2-1-3-13-7(5)8(11)12/h1-2,5,7H,3-4H2,(H,9,10)(H,11,12). The van der Waals surface area contributed by atoms with Gasteiger partial charge >= 0.3 is 11.9 Å². The molecule has 2 unspecified atom stereocenters. The lowest BCUT2D eigenvalue weighted by atomic mass is 10.00. The molecule has 13 heavy (non-hydrogen) atoms. The molecule has 0 aliphatic carbocycles. The first-order chi connectivity index (χ1) is 6.11. The molecule has 4 nitrogen and oxygen atoms in total. The van der Waals surface area contributed by atoms with E-state index in [0.717, 1.165) is 0 Å². The summed E-state index contributed by atoms with van der Waals surface area (Å²) in [7, 11) is 0. The minimum atomic E-state index is -0.955. The summed E-state index contributed by atoms with van der Waals surface area (Å²) < 4.78 is 0. The Kier molecular flexibility index (Phi) is 3.36. The average Bonchev–Trinajstić information content (AvgIpc) is 2.03. The Morgan fingerprint density at radius 3 is 2.69 bits per heavy atom. The van der Waals surface area contributed by atoms with Gasteiger partial charge in [0.15, 0.2) is 0 Å². The first kappa shape index (κ1) is 10.1. The molecule has 1 aliphatic heterocycles. The highest BCUT2D eigenvalue weighted by molar-refractivity contribution is 8.00. The van der Waals surface area contributed by atoms with Crippen molar-refractivity contribution in [1.29, 1.82) is 0 Å². The van der Waals surface area contributed by atoms with Crippen LogP contribution in [-0.2, 0) is 9.59 Å². The van der Waals surface area contributed by atoms with Crippen LogP contribution < -0.4 is 0 Å². The van der Waals surface area contributed by atoms with Crippen molar-refractivity contribution < 1.29 is 19.8 Å². The van der Waals surface area contributed by atoms with Gasteiger partial charge < -0.3 is 10.2 Å². The zero-order valence-corrected chi connectivity index (χ0v) is 7.66. The second kappa shape index (κ2) is 4.32. The molecule has 2 N–H and O–H groups in total. The number of carboxylic acids is 2. The molecule has 0 fully saturated rings. The van der Waals surface area contributed by atoms with E-state index >= 15 is 0 Å². The summed E-state index contributed by atoms with van der Waals surface area (Å²) in [6.45, 7) is 0. The van der Waals surface area contributed by atoms with E-state index in [9.17, 15) is 9.59 Å². The molecule has 0 bridgehead atoms. The molecular weight excluding hydrogens is 192 g/mol. The molecule has 0 saturated carbocycles. The summed E-state index contributed by atoms with van der Waals surface area (Å²) in [5.74, 6) is -1.62. The fourth-order valence-electron chi connectivity index (χ4n) is 1.25. The van der Waals surface area contributed by atoms with Gasteiger partial charge in [-0.25, -0.2) is 0 Å². The minimum absolute atomic E-state index is 0.111. The lowest BCUT2D eigenvalue weighted by molar-refractivity contribution is -0.139. The van der Waals surface area contributed by atoms with E-state index in [1.54, 1.807) is 6.08 Å². The van der Waals surface area contributed by atoms with Gasteiger partial charge in [-0.3, -0.25) is 9.59 Å². The molecule has 0 radical (unpaired) electrons. The Labute approximate surface area is 79.6 Å². The largest absolute Gasteiger partial charge is 0.481 e. The number of carbonyl (C=O) groups is 2. The maximum Gasteiger partial charge on any atom is 0.317 e. The van der Waals surface area contributed by atoms with Crippen molar-refractivity contribution in [2.75, 3.05) is 5.75 Å². The van der Waals surface area contributed by atoms with Crippen LogP contribution in [-0.4, -0.2) is 33.2 Å². The number of hydrogen-bond acceptors (Lipinski definition) is 3. The average molecular weight is 202 g/mol. The third-order valence-corrected chi connectivity index (χ3v) is 3.09. The first-order valence-electron chi connectivity index (χ1n) is 3.84. The summed E-state index contributed by atoms with van der Waals surface area (Å²) in [6.07, 6.45) is 3.39. The molecule has 1 rings (SSSR count). The summed E-state index contributed by atoms with van der Waals surface area (Å²) in [4.78, 5) is 21.1. The quantitative estimate of drug-likeness (QED) is 0.663. The Hall–Kier alpha value is -0.970. The van der Waals surface area contributed by atoms with Crippen LogP contribution in [0.2, 0.25) is 0 Å². The molecule has 5 heteroatoms. The Bertz CT molecular complexity index is 249. The van der Waals surface area contributed by atoms with E-state index in [4.69, 9.17) is 10.2 Å². The van der Waals surface area contributed by atoms with E-state index in [0.29, 0.717) is 5.75 Å². The molecule has 0 saturated heterocycles. The zero-order chi connectivity index (χ0) is 9.84. The van der Waals surface area contributed by atoms with Gasteiger partial charge in [0.2, 0.25) is 0 Å². The second-order valence-electron chi connectivity index (χ2n) is 2.78. The summed E-state index contributed by atoms with van der Waals surface area (Å²) in [5.41, 5.74) is 0. The van der Waals surface area contributed by atoms with Crippen LogP contribution in [0.1, 0.15) is 6.42 Å². The predicted octanol–water partition coefficient (Wildman–Crippen LogP) is 0.834. The van der Waals surface area contributed by atoms with Crippen molar-refractivity contribution in [2.45, 2.75) is 11.7 Å². The van der Waals surface area contributed by atoms with Crippen LogP contribution in [0.15, 0.2) is 12.2 Å². The SMILES string of the molecule is O=C(O)CC1C=CCSC1C(=O)O. The lowest BCUT2D eigenvalue weighted by Gasteiger charge is -2.21. The predicted molar refractivity (Wildman–Crippen MR) is 48.8 cm³/mol. The fourth-order valence-corrected chi connectivity index (χ4v) is 2.25. The Morgan fingerprint density at radius 2 is 2.15 bits per heavy atom. The van der Waals surface area contributed by atoms with E-state index < -0.39 is 17.2 Å².